The molecule has 0 radical (unpaired) electrons. The molecule has 130 valence electrons. The Bertz CT molecular complexity index is 838. The molecule has 4 rings (SSSR count). The van der Waals surface area contributed by atoms with Crippen LogP contribution in [0.25, 0.3) is 11.1 Å². The molecule has 1 fully saturated rings. The Balaban J connectivity index is 1.32. The molecule has 1 aliphatic rings. The number of benzene rings is 1. The molecule has 1 aromatic carbocycles. The van der Waals surface area contributed by atoms with E-state index < -0.39 is 0 Å². The molecule has 1 aliphatic heterocycles. The summed E-state index contributed by atoms with van der Waals surface area (Å²) in [6.07, 6.45) is 5.21. The van der Waals surface area contributed by atoms with Crippen LogP contribution >= 0.6 is 11.8 Å². The quantitative estimate of drug-likeness (QED) is 0.549. The smallest absolute Gasteiger partial charge is 0.305 e. The van der Waals surface area contributed by atoms with Gasteiger partial charge in [0.15, 0.2) is 5.58 Å². The van der Waals surface area contributed by atoms with E-state index in [4.69, 9.17) is 8.94 Å². The highest BCUT2D eigenvalue weighted by atomic mass is 32.2. The van der Waals surface area contributed by atoms with E-state index in [1.165, 1.54) is 18.2 Å². The normalized spacial score (nSPS) is 14.8. The minimum atomic E-state index is -0.200. The van der Waals surface area contributed by atoms with Crippen molar-refractivity contribution in [3.05, 3.63) is 30.5 Å². The zero-order chi connectivity index (χ0) is 17.1. The number of para-hydroxylation sites is 2. The third-order valence-electron chi connectivity index (χ3n) is 3.94. The number of amides is 1. The van der Waals surface area contributed by atoms with Gasteiger partial charge in [-0.25, -0.2) is 4.98 Å². The minimum absolute atomic E-state index is 0.178. The van der Waals surface area contributed by atoms with E-state index in [2.05, 4.69) is 20.6 Å². The first-order chi connectivity index (χ1) is 12.3. The van der Waals surface area contributed by atoms with Crippen LogP contribution in [0.4, 0.5) is 5.88 Å². The number of hydrogen-bond acceptors (Lipinski definition) is 7. The maximum atomic E-state index is 12.1. The predicted octanol–water partition coefficient (Wildman–Crippen LogP) is 1.96. The van der Waals surface area contributed by atoms with Crippen LogP contribution in [0.5, 0.6) is 0 Å². The summed E-state index contributed by atoms with van der Waals surface area (Å²) in [5.74, 6) is 0.306. The second kappa shape index (κ2) is 7.14. The van der Waals surface area contributed by atoms with Gasteiger partial charge in [0.25, 0.3) is 11.4 Å². The first kappa shape index (κ1) is 15.9. The number of aromatic nitrogens is 3. The molecule has 1 N–H and O–H groups in total. The van der Waals surface area contributed by atoms with Crippen LogP contribution in [0.2, 0.25) is 0 Å². The van der Waals surface area contributed by atoms with Crippen molar-refractivity contribution in [2.24, 2.45) is 0 Å². The van der Waals surface area contributed by atoms with Gasteiger partial charge >= 0.3 is 5.88 Å². The van der Waals surface area contributed by atoms with Crippen LogP contribution in [0.1, 0.15) is 19.3 Å². The van der Waals surface area contributed by atoms with Crippen LogP contribution in [0.3, 0.4) is 0 Å². The van der Waals surface area contributed by atoms with E-state index in [1.54, 1.807) is 11.0 Å². The molecular weight excluding hydrogens is 342 g/mol. The number of carbonyl (C=O) groups excluding carboxylic acids is 1. The second-order valence-electron chi connectivity index (χ2n) is 5.79. The summed E-state index contributed by atoms with van der Waals surface area (Å²) >= 11 is 1.24. The van der Waals surface area contributed by atoms with Gasteiger partial charge in [0.2, 0.25) is 11.2 Å². The molecule has 0 aliphatic carbocycles. The van der Waals surface area contributed by atoms with E-state index in [-0.39, 0.29) is 11.7 Å². The molecule has 1 saturated heterocycles. The highest BCUT2D eigenvalue weighted by molar-refractivity contribution is 7.99. The average molecular weight is 360 g/mol. The van der Waals surface area contributed by atoms with Crippen molar-refractivity contribution in [1.82, 2.24) is 10.3 Å². The van der Waals surface area contributed by atoms with Gasteiger partial charge in [0.1, 0.15) is 5.52 Å². The molecule has 9 heteroatoms. The summed E-state index contributed by atoms with van der Waals surface area (Å²) in [5, 5.41) is 9.22. The summed E-state index contributed by atoms with van der Waals surface area (Å²) < 4.78 is 10.8. The highest BCUT2D eigenvalue weighted by Crippen LogP contribution is 2.23. The molecular formula is C16H18N5O3S+. The first-order valence-electron chi connectivity index (χ1n) is 8.20. The number of nitrogens with zero attached hydrogens (tertiary/aromatic N) is 4. The maximum Gasteiger partial charge on any atom is 0.305 e. The van der Waals surface area contributed by atoms with Gasteiger partial charge in [-0.15, -0.1) is 0 Å². The summed E-state index contributed by atoms with van der Waals surface area (Å²) in [6, 6.07) is 7.50. The lowest BCUT2D eigenvalue weighted by Crippen LogP contribution is -2.60. The Morgan fingerprint density at radius 2 is 2.12 bits per heavy atom. The van der Waals surface area contributed by atoms with Gasteiger partial charge < -0.3 is 4.42 Å². The molecule has 2 aromatic heterocycles. The zero-order valence-electron chi connectivity index (χ0n) is 13.6. The van der Waals surface area contributed by atoms with Gasteiger partial charge in [-0.2, -0.15) is 5.01 Å². The molecule has 3 heterocycles. The van der Waals surface area contributed by atoms with Gasteiger partial charge in [0, 0.05) is 0 Å². The predicted molar refractivity (Wildman–Crippen MR) is 91.9 cm³/mol. The Labute approximate surface area is 148 Å². The van der Waals surface area contributed by atoms with Crippen LogP contribution in [-0.4, -0.2) is 35.0 Å². The fourth-order valence-electron chi connectivity index (χ4n) is 2.72. The van der Waals surface area contributed by atoms with Crippen molar-refractivity contribution >= 4 is 34.7 Å². The highest BCUT2D eigenvalue weighted by Gasteiger charge is 2.23. The number of nitrogens with one attached hydrogen (secondary N) is 1. The molecule has 0 spiro atoms. The van der Waals surface area contributed by atoms with Gasteiger partial charge in [-0.1, -0.05) is 23.9 Å². The molecule has 0 saturated carbocycles. The molecule has 1 amide bonds. The topological polar surface area (TPSA) is 88.3 Å². The van der Waals surface area contributed by atoms with E-state index in [0.29, 0.717) is 16.7 Å². The van der Waals surface area contributed by atoms with Gasteiger partial charge in [-0.3, -0.25) is 14.6 Å². The Morgan fingerprint density at radius 3 is 2.96 bits per heavy atom. The van der Waals surface area contributed by atoms with Crippen LogP contribution in [-0.2, 0) is 4.79 Å². The van der Waals surface area contributed by atoms with Crippen LogP contribution < -0.4 is 15.1 Å². The van der Waals surface area contributed by atoms with Crippen LogP contribution in [0.15, 0.2) is 44.6 Å². The number of rotatable bonds is 5. The number of carbonyl (C=O) groups is 1. The van der Waals surface area contributed by atoms with Crippen molar-refractivity contribution in [3.8, 4) is 0 Å². The van der Waals surface area contributed by atoms with E-state index in [0.717, 1.165) is 31.4 Å². The van der Waals surface area contributed by atoms with Crippen molar-refractivity contribution in [1.29, 1.82) is 0 Å². The number of anilines is 1. The number of oxazole rings is 1. The monoisotopic (exact) mass is 360 g/mol. The number of thioether (sulfide) groups is 1. The maximum absolute atomic E-state index is 12.1. The van der Waals surface area contributed by atoms with E-state index in [1.807, 2.05) is 24.3 Å². The lowest BCUT2D eigenvalue weighted by atomic mass is 10.2. The molecule has 3 aromatic rings. The molecule has 25 heavy (non-hydrogen) atoms. The fraction of sp³-hybridized carbons (Fsp3) is 0.375. The minimum Gasteiger partial charge on any atom is -0.431 e. The van der Waals surface area contributed by atoms with Crippen LogP contribution in [0, 0.1) is 0 Å². The standard InChI is InChI=1S/C16H17N5O3S/c22-14(11-25-16-17-12-6-2-3-7-13(12)23-16)18-15-10-21(19-24-15)20-8-4-1-5-9-20/h2-3,6-7,10H,1,4-5,8-9,11H2/p+1. The van der Waals surface area contributed by atoms with Gasteiger partial charge in [0.05, 0.1) is 23.6 Å². The Kier molecular flexibility index (Phi) is 4.55. The third-order valence-corrected chi connectivity index (χ3v) is 4.77. The zero-order valence-corrected chi connectivity index (χ0v) is 14.4. The number of hydrogen-bond donors (Lipinski definition) is 1. The summed E-state index contributed by atoms with van der Waals surface area (Å²) in [4.78, 5) is 18.1. The van der Waals surface area contributed by atoms with Gasteiger partial charge in [-0.05, 0) is 31.4 Å². The fourth-order valence-corrected chi connectivity index (χ4v) is 3.36. The number of fused-ring (bicyclic) bond motifs is 1. The largest absolute Gasteiger partial charge is 0.431 e. The van der Waals surface area contributed by atoms with E-state index >= 15 is 0 Å². The Morgan fingerprint density at radius 1 is 1.28 bits per heavy atom. The van der Waals surface area contributed by atoms with Crippen molar-refractivity contribution in [2.75, 3.05) is 29.2 Å². The Hall–Kier alpha value is -2.55. The van der Waals surface area contributed by atoms with Crippen molar-refractivity contribution in [3.63, 3.8) is 0 Å². The lowest BCUT2D eigenvalue weighted by molar-refractivity contribution is -0.759. The van der Waals surface area contributed by atoms with Crippen molar-refractivity contribution < 1.29 is 18.5 Å². The molecule has 0 unspecified atom stereocenters. The second-order valence-corrected chi connectivity index (χ2v) is 6.71. The lowest BCUT2D eigenvalue weighted by Gasteiger charge is -2.17. The summed E-state index contributed by atoms with van der Waals surface area (Å²) in [5.41, 5.74) is 1.49. The number of piperidine rings is 1. The summed E-state index contributed by atoms with van der Waals surface area (Å²) in [6.45, 7) is 1.89. The first-order valence-corrected chi connectivity index (χ1v) is 9.18. The molecule has 0 atom stereocenters. The third kappa shape index (κ3) is 3.76. The van der Waals surface area contributed by atoms with Crippen molar-refractivity contribution in [2.45, 2.75) is 24.5 Å². The van der Waals surface area contributed by atoms with E-state index in [9.17, 15) is 4.79 Å². The molecule has 0 bridgehead atoms. The average Bonchev–Trinajstić information content (AvgIpc) is 3.27. The summed E-state index contributed by atoms with van der Waals surface area (Å²) in [7, 11) is 0. The molecule has 8 nitrogen and oxygen atoms in total. The SMILES string of the molecule is O=C(CSc1nc2ccccc2o1)Nc1c[n+](N2CCCCC2)no1.